The van der Waals surface area contributed by atoms with Crippen LogP contribution in [0.5, 0.6) is 0 Å². The van der Waals surface area contributed by atoms with E-state index >= 15 is 0 Å². The SMILES string of the molecule is [B]c1ccc(-c2ccc3c(c2)oc2cc4ccccc4cc23)cc1. The van der Waals surface area contributed by atoms with Crippen molar-refractivity contribution in [3.05, 3.63) is 78.9 Å². The number of fused-ring (bicyclic) bond motifs is 4. The standard InChI is InChI=1S/C22H13BO/c23-18-8-5-14(6-9-18)17-7-10-19-20-11-15-3-1-2-4-16(15)12-22(20)24-21(19)13-17/h1-13H. The maximum Gasteiger partial charge on any atom is 0.136 e. The highest BCUT2D eigenvalue weighted by molar-refractivity contribution is 6.32. The maximum absolute atomic E-state index is 6.12. The average Bonchev–Trinajstić information content (AvgIpc) is 2.97. The second-order valence-corrected chi connectivity index (χ2v) is 6.13. The van der Waals surface area contributed by atoms with Gasteiger partial charge in [0.15, 0.2) is 0 Å². The number of rotatable bonds is 1. The second kappa shape index (κ2) is 5.00. The van der Waals surface area contributed by atoms with E-state index in [0.29, 0.717) is 0 Å². The summed E-state index contributed by atoms with van der Waals surface area (Å²) in [5.74, 6) is 0. The molecule has 5 aromatic rings. The van der Waals surface area contributed by atoms with Crippen LogP contribution in [0.2, 0.25) is 0 Å². The highest BCUT2D eigenvalue weighted by Gasteiger charge is 2.09. The third kappa shape index (κ3) is 2.04. The third-order valence-electron chi connectivity index (χ3n) is 4.58. The molecular formula is C22H13BO. The van der Waals surface area contributed by atoms with Gasteiger partial charge in [0, 0.05) is 10.8 Å². The van der Waals surface area contributed by atoms with Gasteiger partial charge in [-0.25, -0.2) is 0 Å². The zero-order chi connectivity index (χ0) is 16.1. The Kier molecular flexibility index (Phi) is 2.80. The smallest absolute Gasteiger partial charge is 0.136 e. The summed E-state index contributed by atoms with van der Waals surface area (Å²) < 4.78 is 6.12. The predicted octanol–water partition coefficient (Wildman–Crippen LogP) is 5.20. The first-order valence-corrected chi connectivity index (χ1v) is 7.99. The Balaban J connectivity index is 1.76. The highest BCUT2D eigenvalue weighted by Crippen LogP contribution is 2.34. The van der Waals surface area contributed by atoms with Gasteiger partial charge in [0.05, 0.1) is 0 Å². The van der Waals surface area contributed by atoms with Crippen LogP contribution in [0.3, 0.4) is 0 Å². The number of hydrogen-bond donors (Lipinski definition) is 0. The van der Waals surface area contributed by atoms with Gasteiger partial charge in [0.1, 0.15) is 19.0 Å². The molecular weight excluding hydrogens is 291 g/mol. The molecule has 0 saturated carbocycles. The van der Waals surface area contributed by atoms with Crippen molar-refractivity contribution in [2.24, 2.45) is 0 Å². The topological polar surface area (TPSA) is 13.1 Å². The maximum atomic E-state index is 6.12. The van der Waals surface area contributed by atoms with Gasteiger partial charge in [0.25, 0.3) is 0 Å². The molecule has 0 fully saturated rings. The van der Waals surface area contributed by atoms with Gasteiger partial charge in [-0.2, -0.15) is 0 Å². The lowest BCUT2D eigenvalue weighted by Crippen LogP contribution is -1.98. The fourth-order valence-corrected chi connectivity index (χ4v) is 3.32. The van der Waals surface area contributed by atoms with E-state index in [9.17, 15) is 0 Å². The molecule has 110 valence electrons. The molecule has 0 N–H and O–H groups in total. The Labute approximate surface area is 140 Å². The van der Waals surface area contributed by atoms with Gasteiger partial charge in [-0.1, -0.05) is 60.1 Å². The van der Waals surface area contributed by atoms with Crippen LogP contribution in [0.1, 0.15) is 0 Å². The van der Waals surface area contributed by atoms with Crippen molar-refractivity contribution in [3.8, 4) is 11.1 Å². The molecule has 2 heteroatoms. The summed E-state index contributed by atoms with van der Waals surface area (Å²) >= 11 is 0. The molecule has 0 amide bonds. The van der Waals surface area contributed by atoms with Gasteiger partial charge in [0.2, 0.25) is 0 Å². The molecule has 0 aliphatic carbocycles. The van der Waals surface area contributed by atoms with Crippen LogP contribution in [0.4, 0.5) is 0 Å². The first-order valence-electron chi connectivity index (χ1n) is 7.99. The van der Waals surface area contributed by atoms with Crippen LogP contribution in [0, 0.1) is 0 Å². The lowest BCUT2D eigenvalue weighted by atomic mass is 9.93. The molecule has 24 heavy (non-hydrogen) atoms. The molecule has 0 aliphatic heterocycles. The van der Waals surface area contributed by atoms with E-state index < -0.39 is 0 Å². The fraction of sp³-hybridized carbons (Fsp3) is 0. The minimum Gasteiger partial charge on any atom is -0.456 e. The predicted molar refractivity (Wildman–Crippen MR) is 102 cm³/mol. The summed E-state index contributed by atoms with van der Waals surface area (Å²) in [6, 6.07) is 27.0. The van der Waals surface area contributed by atoms with Crippen LogP contribution in [0.15, 0.2) is 83.3 Å². The Morgan fingerprint density at radius 2 is 1.25 bits per heavy atom. The van der Waals surface area contributed by atoms with Crippen LogP contribution in [-0.4, -0.2) is 7.85 Å². The van der Waals surface area contributed by atoms with Crippen LogP contribution in [-0.2, 0) is 0 Å². The van der Waals surface area contributed by atoms with Crippen molar-refractivity contribution in [3.63, 3.8) is 0 Å². The highest BCUT2D eigenvalue weighted by atomic mass is 16.3. The molecule has 0 unspecified atom stereocenters. The summed E-state index contributed by atoms with van der Waals surface area (Å²) in [6.45, 7) is 0. The molecule has 1 heterocycles. The number of benzene rings is 4. The largest absolute Gasteiger partial charge is 0.456 e. The average molecular weight is 304 g/mol. The summed E-state index contributed by atoms with van der Waals surface area (Å²) in [5, 5.41) is 4.74. The van der Waals surface area contributed by atoms with Crippen LogP contribution < -0.4 is 5.46 Å². The van der Waals surface area contributed by atoms with E-state index in [-0.39, 0.29) is 0 Å². The minimum atomic E-state index is 0.773. The van der Waals surface area contributed by atoms with Crippen molar-refractivity contribution in [2.45, 2.75) is 0 Å². The zero-order valence-electron chi connectivity index (χ0n) is 13.0. The van der Waals surface area contributed by atoms with E-state index in [4.69, 9.17) is 12.3 Å². The summed E-state index contributed by atoms with van der Waals surface area (Å²) in [4.78, 5) is 0. The molecule has 0 aliphatic rings. The summed E-state index contributed by atoms with van der Waals surface area (Å²) in [6.07, 6.45) is 0. The third-order valence-corrected chi connectivity index (χ3v) is 4.58. The van der Waals surface area contributed by atoms with Gasteiger partial charge in [-0.3, -0.25) is 0 Å². The minimum absolute atomic E-state index is 0.773. The second-order valence-electron chi connectivity index (χ2n) is 6.13. The first-order chi connectivity index (χ1) is 11.8. The van der Waals surface area contributed by atoms with Crippen molar-refractivity contribution in [2.75, 3.05) is 0 Å². The van der Waals surface area contributed by atoms with Crippen molar-refractivity contribution >= 4 is 46.0 Å². The molecule has 0 spiro atoms. The van der Waals surface area contributed by atoms with E-state index in [1.807, 2.05) is 24.3 Å². The van der Waals surface area contributed by atoms with Crippen molar-refractivity contribution in [1.29, 1.82) is 0 Å². The van der Waals surface area contributed by atoms with E-state index in [1.165, 1.54) is 10.8 Å². The monoisotopic (exact) mass is 304 g/mol. The summed E-state index contributed by atoms with van der Waals surface area (Å²) in [7, 11) is 5.78. The molecule has 1 aromatic heterocycles. The first kappa shape index (κ1) is 13.4. The summed E-state index contributed by atoms with van der Waals surface area (Å²) in [5.41, 5.74) is 4.88. The van der Waals surface area contributed by atoms with E-state index in [2.05, 4.69) is 54.6 Å². The molecule has 4 aromatic carbocycles. The molecule has 0 atom stereocenters. The van der Waals surface area contributed by atoms with Crippen molar-refractivity contribution in [1.82, 2.24) is 0 Å². The lowest BCUT2D eigenvalue weighted by molar-refractivity contribution is 0.669. The fourth-order valence-electron chi connectivity index (χ4n) is 3.32. The molecule has 5 rings (SSSR count). The molecule has 0 saturated heterocycles. The number of furan rings is 1. The quantitative estimate of drug-likeness (QED) is 0.388. The Bertz CT molecular complexity index is 1200. The van der Waals surface area contributed by atoms with Gasteiger partial charge < -0.3 is 4.42 Å². The van der Waals surface area contributed by atoms with E-state index in [1.54, 1.807) is 0 Å². The normalized spacial score (nSPS) is 11.5. The van der Waals surface area contributed by atoms with E-state index in [0.717, 1.165) is 38.5 Å². The van der Waals surface area contributed by atoms with Crippen LogP contribution in [0.25, 0.3) is 43.8 Å². The Hall–Kier alpha value is -3.00. The van der Waals surface area contributed by atoms with Gasteiger partial charge in [-0.05, 0) is 46.2 Å². The van der Waals surface area contributed by atoms with Crippen molar-refractivity contribution < 1.29 is 4.42 Å². The molecule has 2 radical (unpaired) electrons. The van der Waals surface area contributed by atoms with Gasteiger partial charge in [-0.15, -0.1) is 0 Å². The Morgan fingerprint density at radius 1 is 0.583 bits per heavy atom. The number of hydrogen-bond acceptors (Lipinski definition) is 1. The zero-order valence-corrected chi connectivity index (χ0v) is 13.0. The molecule has 0 bridgehead atoms. The van der Waals surface area contributed by atoms with Crippen LogP contribution >= 0.6 is 0 Å². The molecule has 1 nitrogen and oxygen atoms in total. The Morgan fingerprint density at radius 3 is 2.04 bits per heavy atom. The van der Waals surface area contributed by atoms with Gasteiger partial charge >= 0.3 is 0 Å². The lowest BCUT2D eigenvalue weighted by Gasteiger charge is -2.02.